The fourth-order valence-electron chi connectivity index (χ4n) is 3.60. The Bertz CT molecular complexity index is 1530. The Labute approximate surface area is 187 Å². The molecule has 5 rings (SSSR count). The molecule has 0 radical (unpaired) electrons. The maximum absolute atomic E-state index is 12.9. The van der Waals surface area contributed by atoms with Crippen LogP contribution in [0.5, 0.6) is 0 Å². The van der Waals surface area contributed by atoms with Gasteiger partial charge < -0.3 is 8.83 Å². The maximum atomic E-state index is 12.9. The number of fused-ring (bicyclic) bond motifs is 3. The molecule has 0 N–H and O–H groups in total. The molecule has 0 spiro atoms. The molecule has 0 aliphatic heterocycles. The van der Waals surface area contributed by atoms with Gasteiger partial charge in [0.25, 0.3) is 0 Å². The minimum atomic E-state index is -0.719. The van der Waals surface area contributed by atoms with Crippen LogP contribution in [0.3, 0.4) is 0 Å². The summed E-state index contributed by atoms with van der Waals surface area (Å²) < 4.78 is 12.9. The van der Waals surface area contributed by atoms with E-state index in [0.29, 0.717) is 27.7 Å². The Morgan fingerprint density at radius 3 is 1.83 bits per heavy atom. The van der Waals surface area contributed by atoms with Crippen LogP contribution in [0.2, 0.25) is 0 Å². The van der Waals surface area contributed by atoms with Gasteiger partial charge in [-0.05, 0) is 35.9 Å². The smallest absolute Gasteiger partial charge is 0.351 e. The van der Waals surface area contributed by atoms with E-state index in [2.05, 4.69) is 31.9 Å². The van der Waals surface area contributed by atoms with Gasteiger partial charge in [-0.3, -0.25) is 0 Å². The Morgan fingerprint density at radius 2 is 1.17 bits per heavy atom. The van der Waals surface area contributed by atoms with E-state index in [4.69, 9.17) is 8.83 Å². The maximum Gasteiger partial charge on any atom is 0.351 e. The molecular formula is C24H12Br2O4. The van der Waals surface area contributed by atoms with Crippen LogP contribution in [0.25, 0.3) is 44.2 Å². The molecule has 5 aromatic rings. The van der Waals surface area contributed by atoms with Gasteiger partial charge in [-0.1, -0.05) is 74.3 Å². The van der Waals surface area contributed by atoms with Crippen molar-refractivity contribution in [2.75, 3.05) is 0 Å². The van der Waals surface area contributed by atoms with Gasteiger partial charge in [-0.25, -0.2) is 9.59 Å². The highest BCUT2D eigenvalue weighted by molar-refractivity contribution is 9.10. The zero-order valence-corrected chi connectivity index (χ0v) is 18.5. The molecule has 4 nitrogen and oxygen atoms in total. The summed E-state index contributed by atoms with van der Waals surface area (Å²) in [5.74, 6) is 0.401. The van der Waals surface area contributed by atoms with Crippen molar-refractivity contribution < 1.29 is 8.83 Å². The van der Waals surface area contributed by atoms with Gasteiger partial charge in [-0.15, -0.1) is 0 Å². The van der Waals surface area contributed by atoms with Gasteiger partial charge >= 0.3 is 11.3 Å². The normalized spacial score (nSPS) is 11.3. The highest BCUT2D eigenvalue weighted by Crippen LogP contribution is 2.39. The van der Waals surface area contributed by atoms with Gasteiger partial charge in [-0.2, -0.15) is 0 Å². The average Bonchev–Trinajstić information content (AvgIpc) is 2.75. The van der Waals surface area contributed by atoms with Crippen molar-refractivity contribution in [2.45, 2.75) is 0 Å². The number of hydrogen-bond donors (Lipinski definition) is 0. The van der Waals surface area contributed by atoms with Gasteiger partial charge in [0.1, 0.15) is 11.3 Å². The van der Waals surface area contributed by atoms with E-state index in [1.807, 2.05) is 60.7 Å². The SMILES string of the molecule is O=c1oc(-c2ccc(Br)cc2)c(-c2ccc(Br)cc2)c2c1c(=O)oc1ccccc12. The number of benzene rings is 3. The second-order valence-electron chi connectivity index (χ2n) is 6.74. The van der Waals surface area contributed by atoms with Gasteiger partial charge in [0, 0.05) is 30.8 Å². The molecule has 0 aliphatic rings. The van der Waals surface area contributed by atoms with Gasteiger partial charge in [0.05, 0.1) is 0 Å². The van der Waals surface area contributed by atoms with Crippen molar-refractivity contribution in [1.29, 1.82) is 0 Å². The Hall–Kier alpha value is -2.96. The number of rotatable bonds is 2. The van der Waals surface area contributed by atoms with Crippen molar-refractivity contribution >= 4 is 53.6 Å². The first kappa shape index (κ1) is 19.0. The summed E-state index contributed by atoms with van der Waals surface area (Å²) in [4.78, 5) is 25.6. The number of para-hydroxylation sites is 1. The first-order valence-electron chi connectivity index (χ1n) is 9.07. The predicted molar refractivity (Wildman–Crippen MR) is 125 cm³/mol. The molecule has 0 atom stereocenters. The van der Waals surface area contributed by atoms with E-state index in [1.54, 1.807) is 12.1 Å². The van der Waals surface area contributed by atoms with Crippen LogP contribution in [-0.4, -0.2) is 0 Å². The Balaban J connectivity index is 2.05. The summed E-state index contributed by atoms with van der Waals surface area (Å²) in [5, 5.41) is 1.11. The van der Waals surface area contributed by atoms with E-state index < -0.39 is 11.3 Å². The lowest BCUT2D eigenvalue weighted by Gasteiger charge is -2.13. The third kappa shape index (κ3) is 3.13. The summed E-state index contributed by atoms with van der Waals surface area (Å²) in [6, 6.07) is 22.3. The highest BCUT2D eigenvalue weighted by Gasteiger charge is 2.22. The molecule has 3 aromatic carbocycles. The standard InChI is InChI=1S/C24H12Br2O4/c25-15-9-5-13(6-10-15)19-20-17-3-1-2-4-18(17)29-23(27)21(20)24(28)30-22(19)14-7-11-16(26)12-8-14/h1-12H. The summed E-state index contributed by atoms with van der Waals surface area (Å²) in [6.45, 7) is 0. The molecular weight excluding hydrogens is 512 g/mol. The van der Waals surface area contributed by atoms with Crippen LogP contribution in [0, 0.1) is 0 Å². The van der Waals surface area contributed by atoms with Crippen molar-refractivity contribution in [3.63, 3.8) is 0 Å². The largest absolute Gasteiger partial charge is 0.422 e. The van der Waals surface area contributed by atoms with E-state index in [9.17, 15) is 9.59 Å². The molecule has 2 aromatic heterocycles. The lowest BCUT2D eigenvalue weighted by molar-refractivity contribution is 0.525. The van der Waals surface area contributed by atoms with E-state index in [0.717, 1.165) is 20.1 Å². The molecule has 0 bridgehead atoms. The van der Waals surface area contributed by atoms with E-state index >= 15 is 0 Å². The summed E-state index contributed by atoms with van der Waals surface area (Å²) in [6.07, 6.45) is 0. The zero-order chi connectivity index (χ0) is 20.8. The van der Waals surface area contributed by atoms with Gasteiger partial charge in [0.15, 0.2) is 5.39 Å². The summed E-state index contributed by atoms with van der Waals surface area (Å²) >= 11 is 6.89. The third-order valence-corrected chi connectivity index (χ3v) is 5.99. The zero-order valence-electron chi connectivity index (χ0n) is 15.3. The second kappa shape index (κ2) is 7.38. The molecule has 0 fully saturated rings. The molecule has 6 heteroatoms. The summed E-state index contributed by atoms with van der Waals surface area (Å²) in [7, 11) is 0. The first-order valence-corrected chi connectivity index (χ1v) is 10.7. The number of hydrogen-bond acceptors (Lipinski definition) is 4. The Morgan fingerprint density at radius 1 is 0.600 bits per heavy atom. The molecule has 146 valence electrons. The van der Waals surface area contributed by atoms with Crippen molar-refractivity contribution in [2.24, 2.45) is 0 Å². The van der Waals surface area contributed by atoms with Crippen LogP contribution in [0.4, 0.5) is 0 Å². The Kier molecular flexibility index (Phi) is 4.68. The third-order valence-electron chi connectivity index (χ3n) is 4.93. The first-order chi connectivity index (χ1) is 14.5. The van der Waals surface area contributed by atoms with Crippen molar-refractivity contribution in [3.05, 3.63) is 103 Å². The average molecular weight is 524 g/mol. The van der Waals surface area contributed by atoms with Crippen LogP contribution in [0.15, 0.2) is 100 Å². The van der Waals surface area contributed by atoms with Crippen LogP contribution in [-0.2, 0) is 0 Å². The second-order valence-corrected chi connectivity index (χ2v) is 8.57. The van der Waals surface area contributed by atoms with E-state index in [-0.39, 0.29) is 5.39 Å². The fourth-order valence-corrected chi connectivity index (χ4v) is 4.13. The van der Waals surface area contributed by atoms with Crippen molar-refractivity contribution in [3.8, 4) is 22.5 Å². The van der Waals surface area contributed by atoms with Crippen LogP contribution in [0.1, 0.15) is 0 Å². The lowest BCUT2D eigenvalue weighted by atomic mass is 9.94. The van der Waals surface area contributed by atoms with Gasteiger partial charge in [0.2, 0.25) is 0 Å². The fraction of sp³-hybridized carbons (Fsp3) is 0. The highest BCUT2D eigenvalue weighted by atomic mass is 79.9. The molecule has 0 aliphatic carbocycles. The molecule has 0 saturated carbocycles. The predicted octanol–water partition coefficient (Wildman–Crippen LogP) is 6.76. The monoisotopic (exact) mass is 522 g/mol. The number of halogens is 2. The van der Waals surface area contributed by atoms with Crippen molar-refractivity contribution in [1.82, 2.24) is 0 Å². The quantitative estimate of drug-likeness (QED) is 0.189. The molecule has 0 amide bonds. The topological polar surface area (TPSA) is 60.4 Å². The summed E-state index contributed by atoms with van der Waals surface area (Å²) in [5.41, 5.74) is 1.21. The minimum Gasteiger partial charge on any atom is -0.422 e. The van der Waals surface area contributed by atoms with Crippen LogP contribution < -0.4 is 11.3 Å². The molecule has 30 heavy (non-hydrogen) atoms. The van der Waals surface area contributed by atoms with E-state index in [1.165, 1.54) is 0 Å². The minimum absolute atomic E-state index is 0.0903. The molecule has 0 unspecified atom stereocenters. The lowest BCUT2D eigenvalue weighted by Crippen LogP contribution is -2.13. The molecule has 0 saturated heterocycles. The molecule has 2 heterocycles. The van der Waals surface area contributed by atoms with Crippen LogP contribution >= 0.6 is 31.9 Å².